The molecule has 4 aromatic carbocycles. The molecule has 2 aliphatic rings. The summed E-state index contributed by atoms with van der Waals surface area (Å²) in [5.41, 5.74) is 14.6. The van der Waals surface area contributed by atoms with Crippen molar-refractivity contribution in [2.24, 2.45) is 5.92 Å². The number of pyridine rings is 2. The van der Waals surface area contributed by atoms with Crippen molar-refractivity contribution in [3.63, 3.8) is 0 Å². The standard InChI is InChI=1S/C42H30N2/c1-27(15-24-37-35-13-7-6-12-34(35)36-14-8-9-28(2)40(36)37)29-16-18-31(19-17-29)39-26-23-33-21-20-32-22-25-38(30-10-4-3-5-11-30)43-41(32)42(33)44-39/h3-26,28H,1H2,2H3/b24-15-. The third kappa shape index (κ3) is 4.44. The van der Waals surface area contributed by atoms with Crippen LogP contribution in [0, 0.1) is 5.92 Å². The molecule has 0 aliphatic heterocycles. The Bertz CT molecular complexity index is 2230. The molecule has 8 rings (SSSR count). The Labute approximate surface area is 257 Å². The van der Waals surface area contributed by atoms with Gasteiger partial charge in [-0.15, -0.1) is 0 Å². The highest BCUT2D eigenvalue weighted by Gasteiger charge is 2.28. The molecule has 0 saturated carbocycles. The van der Waals surface area contributed by atoms with Crippen LogP contribution in [-0.2, 0) is 0 Å². The van der Waals surface area contributed by atoms with Crippen LogP contribution in [0.15, 0.2) is 158 Å². The van der Waals surface area contributed by atoms with Gasteiger partial charge >= 0.3 is 0 Å². The van der Waals surface area contributed by atoms with Crippen molar-refractivity contribution in [1.29, 1.82) is 0 Å². The largest absolute Gasteiger partial charge is 0.245 e. The topological polar surface area (TPSA) is 25.8 Å². The Hall–Kier alpha value is -5.60. The van der Waals surface area contributed by atoms with Crippen LogP contribution in [0.4, 0.5) is 0 Å². The molecule has 2 aromatic heterocycles. The Kier molecular flexibility index (Phi) is 6.27. The predicted molar refractivity (Wildman–Crippen MR) is 186 cm³/mol. The summed E-state index contributed by atoms with van der Waals surface area (Å²) < 4.78 is 0. The average Bonchev–Trinajstić information content (AvgIpc) is 3.41. The van der Waals surface area contributed by atoms with Crippen molar-refractivity contribution < 1.29 is 0 Å². The Balaban J connectivity index is 1.10. The van der Waals surface area contributed by atoms with Gasteiger partial charge in [-0.2, -0.15) is 0 Å². The number of nitrogens with zero attached hydrogens (tertiary/aromatic N) is 2. The van der Waals surface area contributed by atoms with E-state index in [1.54, 1.807) is 0 Å². The summed E-state index contributed by atoms with van der Waals surface area (Å²) in [6.45, 7) is 6.69. The van der Waals surface area contributed by atoms with E-state index in [4.69, 9.17) is 9.97 Å². The molecule has 0 spiro atoms. The number of aromatic nitrogens is 2. The first-order chi connectivity index (χ1) is 21.6. The zero-order valence-electron chi connectivity index (χ0n) is 24.5. The lowest BCUT2D eigenvalue weighted by Crippen LogP contribution is -1.99. The smallest absolute Gasteiger partial charge is 0.0972 e. The van der Waals surface area contributed by atoms with Crippen molar-refractivity contribution in [3.8, 4) is 22.5 Å². The Morgan fingerprint density at radius 3 is 1.93 bits per heavy atom. The lowest BCUT2D eigenvalue weighted by atomic mass is 9.88. The maximum absolute atomic E-state index is 5.12. The van der Waals surface area contributed by atoms with Gasteiger partial charge in [0.2, 0.25) is 0 Å². The maximum atomic E-state index is 5.12. The summed E-state index contributed by atoms with van der Waals surface area (Å²) in [7, 11) is 0. The molecule has 2 aliphatic carbocycles. The monoisotopic (exact) mass is 562 g/mol. The molecule has 0 fully saturated rings. The van der Waals surface area contributed by atoms with Crippen LogP contribution in [0.1, 0.15) is 23.6 Å². The van der Waals surface area contributed by atoms with E-state index in [1.165, 1.54) is 27.8 Å². The van der Waals surface area contributed by atoms with Crippen LogP contribution < -0.4 is 0 Å². The van der Waals surface area contributed by atoms with E-state index in [2.05, 4.69) is 141 Å². The van der Waals surface area contributed by atoms with Gasteiger partial charge in [-0.25, -0.2) is 9.97 Å². The second kappa shape index (κ2) is 10.6. The molecule has 208 valence electrons. The summed E-state index contributed by atoms with van der Waals surface area (Å²) >= 11 is 0. The fourth-order valence-corrected chi connectivity index (χ4v) is 6.49. The number of benzene rings is 4. The van der Waals surface area contributed by atoms with Crippen molar-refractivity contribution in [2.75, 3.05) is 0 Å². The first kappa shape index (κ1) is 26.1. The minimum absolute atomic E-state index is 0.376. The molecule has 1 unspecified atom stereocenters. The van der Waals surface area contributed by atoms with E-state index in [9.17, 15) is 0 Å². The third-order valence-corrected chi connectivity index (χ3v) is 8.80. The molecule has 0 saturated heterocycles. The number of hydrogen-bond donors (Lipinski definition) is 0. The van der Waals surface area contributed by atoms with Crippen molar-refractivity contribution in [3.05, 3.63) is 174 Å². The lowest BCUT2D eigenvalue weighted by Gasteiger charge is -2.16. The van der Waals surface area contributed by atoms with E-state index < -0.39 is 0 Å². The van der Waals surface area contributed by atoms with Gasteiger partial charge in [-0.05, 0) is 51.1 Å². The van der Waals surface area contributed by atoms with Gasteiger partial charge < -0.3 is 0 Å². The molecule has 2 heteroatoms. The van der Waals surface area contributed by atoms with Crippen LogP contribution in [0.25, 0.3) is 61.0 Å². The Morgan fingerprint density at radius 2 is 1.25 bits per heavy atom. The number of fused-ring (bicyclic) bond motifs is 6. The van der Waals surface area contributed by atoms with Gasteiger partial charge in [0.05, 0.1) is 22.4 Å². The zero-order chi connectivity index (χ0) is 29.6. The highest BCUT2D eigenvalue weighted by atomic mass is 14.8. The van der Waals surface area contributed by atoms with Gasteiger partial charge in [0.15, 0.2) is 0 Å². The number of rotatable bonds is 5. The summed E-state index contributed by atoms with van der Waals surface area (Å²) in [5.74, 6) is 0.376. The van der Waals surface area contributed by atoms with Gasteiger partial charge in [0.1, 0.15) is 0 Å². The molecule has 2 heterocycles. The van der Waals surface area contributed by atoms with Crippen molar-refractivity contribution >= 4 is 38.5 Å². The molecule has 0 radical (unpaired) electrons. The van der Waals surface area contributed by atoms with Crippen LogP contribution in [0.2, 0.25) is 0 Å². The summed E-state index contributed by atoms with van der Waals surface area (Å²) in [6, 6.07) is 40.2. The molecule has 0 bridgehead atoms. The molecule has 6 aromatic rings. The van der Waals surface area contributed by atoms with Crippen molar-refractivity contribution in [1.82, 2.24) is 9.97 Å². The molecule has 0 amide bonds. The van der Waals surface area contributed by atoms with Gasteiger partial charge in [-0.3, -0.25) is 0 Å². The van der Waals surface area contributed by atoms with Crippen LogP contribution in [-0.4, -0.2) is 9.97 Å². The molecule has 44 heavy (non-hydrogen) atoms. The third-order valence-electron chi connectivity index (χ3n) is 8.80. The molecule has 1 atom stereocenters. The van der Waals surface area contributed by atoms with Crippen LogP contribution >= 0.6 is 0 Å². The van der Waals surface area contributed by atoms with E-state index in [0.29, 0.717) is 5.92 Å². The first-order valence-electron chi connectivity index (χ1n) is 15.1. The molecular formula is C42H30N2. The maximum Gasteiger partial charge on any atom is 0.0972 e. The normalized spacial score (nSPS) is 15.6. The minimum Gasteiger partial charge on any atom is -0.245 e. The van der Waals surface area contributed by atoms with Crippen LogP contribution in [0.5, 0.6) is 0 Å². The fourth-order valence-electron chi connectivity index (χ4n) is 6.49. The predicted octanol–water partition coefficient (Wildman–Crippen LogP) is 10.7. The summed E-state index contributed by atoms with van der Waals surface area (Å²) in [6.07, 6.45) is 11.1. The minimum atomic E-state index is 0.376. The second-order valence-corrected chi connectivity index (χ2v) is 11.5. The van der Waals surface area contributed by atoms with E-state index in [-0.39, 0.29) is 0 Å². The molecule has 0 N–H and O–H groups in total. The Morgan fingerprint density at radius 1 is 0.659 bits per heavy atom. The average molecular weight is 563 g/mol. The summed E-state index contributed by atoms with van der Waals surface area (Å²) in [4.78, 5) is 10.2. The number of hydrogen-bond acceptors (Lipinski definition) is 2. The van der Waals surface area contributed by atoms with E-state index in [0.717, 1.165) is 55.5 Å². The zero-order valence-corrected chi connectivity index (χ0v) is 24.5. The quantitative estimate of drug-likeness (QED) is 0.154. The number of allylic oxidation sites excluding steroid dienone is 9. The van der Waals surface area contributed by atoms with Gasteiger partial charge in [0.25, 0.3) is 0 Å². The van der Waals surface area contributed by atoms with E-state index in [1.807, 2.05) is 18.2 Å². The van der Waals surface area contributed by atoms with E-state index >= 15 is 0 Å². The highest BCUT2D eigenvalue weighted by molar-refractivity contribution is 6.05. The lowest BCUT2D eigenvalue weighted by molar-refractivity contribution is 0.899. The van der Waals surface area contributed by atoms with Gasteiger partial charge in [-0.1, -0.05) is 147 Å². The first-order valence-corrected chi connectivity index (χ1v) is 15.1. The van der Waals surface area contributed by atoms with Crippen molar-refractivity contribution in [2.45, 2.75) is 6.92 Å². The highest BCUT2D eigenvalue weighted by Crippen LogP contribution is 2.47. The molecular weight excluding hydrogens is 532 g/mol. The second-order valence-electron chi connectivity index (χ2n) is 11.5. The van der Waals surface area contributed by atoms with Gasteiger partial charge in [0, 0.05) is 27.8 Å². The summed E-state index contributed by atoms with van der Waals surface area (Å²) in [5, 5.41) is 2.17. The SMILES string of the molecule is C=C(/C=C\C1=C2C(=CC=CC2C)c2ccccc21)c1ccc(-c2ccc3ccc4ccc(-c5ccccc5)nc4c3n2)cc1. The molecule has 2 nitrogen and oxygen atoms in total. The fraction of sp³-hybridized carbons (Fsp3) is 0.0476. The van der Waals surface area contributed by atoms with Crippen LogP contribution in [0.3, 0.4) is 0 Å².